The lowest BCUT2D eigenvalue weighted by atomic mass is 9.83. The fourth-order valence-corrected chi connectivity index (χ4v) is 9.01. The fourth-order valence-electron chi connectivity index (χ4n) is 4.91. The number of rotatable bonds is 26. The van der Waals surface area contributed by atoms with Gasteiger partial charge in [-0.05, 0) is 97.3 Å². The molecule has 0 spiro atoms. The van der Waals surface area contributed by atoms with Gasteiger partial charge in [-0.25, -0.2) is 4.79 Å². The van der Waals surface area contributed by atoms with Gasteiger partial charge in [0.25, 0.3) is 0 Å². The van der Waals surface area contributed by atoms with Gasteiger partial charge in [-0.3, -0.25) is 0 Å². The number of thioether (sulfide) groups is 4. The van der Waals surface area contributed by atoms with E-state index in [2.05, 4.69) is 69.8 Å². The number of hydrogen-bond donors (Lipinski definition) is 0. The highest BCUT2D eigenvalue weighted by molar-refractivity contribution is 8.00. The van der Waals surface area contributed by atoms with Crippen molar-refractivity contribution in [3.63, 3.8) is 0 Å². The molecule has 0 bridgehead atoms. The summed E-state index contributed by atoms with van der Waals surface area (Å²) in [4.78, 5) is 12.6. The van der Waals surface area contributed by atoms with Crippen molar-refractivity contribution >= 4 is 53.2 Å². The second kappa shape index (κ2) is 24.2. The first-order valence-electron chi connectivity index (χ1n) is 15.9. The van der Waals surface area contributed by atoms with Crippen molar-refractivity contribution in [1.29, 1.82) is 0 Å². The van der Waals surface area contributed by atoms with E-state index in [4.69, 9.17) is 14.2 Å². The summed E-state index contributed by atoms with van der Waals surface area (Å²) in [5, 5.41) is 0. The molecule has 2 rings (SSSR count). The summed E-state index contributed by atoms with van der Waals surface area (Å²) in [5.41, 5.74) is -0.126. The van der Waals surface area contributed by atoms with Crippen molar-refractivity contribution in [2.45, 2.75) is 89.4 Å². The maximum absolute atomic E-state index is 11.2. The van der Waals surface area contributed by atoms with Crippen molar-refractivity contribution in [1.82, 2.24) is 0 Å². The second-order valence-electron chi connectivity index (χ2n) is 11.4. The van der Waals surface area contributed by atoms with E-state index in [1.807, 2.05) is 23.5 Å². The summed E-state index contributed by atoms with van der Waals surface area (Å²) < 4.78 is 16.0. The molecule has 8 heteroatoms. The normalized spacial score (nSPS) is 18.0. The molecule has 4 nitrogen and oxygen atoms in total. The Morgan fingerprint density at radius 2 is 1.49 bits per heavy atom. The molecule has 1 aliphatic rings. The molecule has 0 N–H and O–H groups in total. The SMILES string of the molecule is CCC(C)CCSCCOCCSCCC(C)CC(CCSc1ccccc1)CC(CC)CCSC1COC(=O)O1. The Hall–Kier alpha value is -0.150. The monoisotopic (exact) mass is 644 g/mol. The first kappa shape index (κ1) is 37.0. The highest BCUT2D eigenvalue weighted by Crippen LogP contribution is 2.32. The standard InChI is InChI=1S/C33H56O4S4/c1-5-27(3)12-18-38-22-16-35-17-23-39-19-13-28(4)24-30(15-20-40-31-10-8-7-9-11-31)25-29(6-2)14-21-41-32-26-36-33(34)37-32/h7-11,27-30,32H,5-6,12-26H2,1-4H3. The minimum absolute atomic E-state index is 0.126. The van der Waals surface area contributed by atoms with E-state index < -0.39 is 6.16 Å². The smallest absolute Gasteiger partial charge is 0.429 e. The van der Waals surface area contributed by atoms with Gasteiger partial charge in [0, 0.05) is 16.4 Å². The van der Waals surface area contributed by atoms with Gasteiger partial charge < -0.3 is 14.2 Å². The van der Waals surface area contributed by atoms with Crippen LogP contribution in [-0.2, 0) is 14.2 Å². The van der Waals surface area contributed by atoms with Crippen LogP contribution in [0.15, 0.2) is 35.2 Å². The van der Waals surface area contributed by atoms with Crippen molar-refractivity contribution in [3.05, 3.63) is 30.3 Å². The molecule has 1 fully saturated rings. The third-order valence-corrected chi connectivity index (χ3v) is 11.9. The molecule has 1 heterocycles. The summed E-state index contributed by atoms with van der Waals surface area (Å²) in [6.07, 6.45) is 9.67. The molecule has 236 valence electrons. The van der Waals surface area contributed by atoms with Crippen molar-refractivity contribution in [2.24, 2.45) is 23.7 Å². The Kier molecular flexibility index (Phi) is 21.9. The Labute approximate surface area is 268 Å². The molecule has 1 aromatic rings. The third-order valence-electron chi connectivity index (χ3n) is 7.86. The van der Waals surface area contributed by atoms with Crippen LogP contribution in [0.2, 0.25) is 0 Å². The Bertz CT molecular complexity index is 769. The van der Waals surface area contributed by atoms with E-state index in [-0.39, 0.29) is 5.44 Å². The first-order valence-corrected chi connectivity index (χ1v) is 20.2. The zero-order chi connectivity index (χ0) is 29.5. The highest BCUT2D eigenvalue weighted by Gasteiger charge is 2.25. The number of benzene rings is 1. The van der Waals surface area contributed by atoms with Crippen LogP contribution in [0.4, 0.5) is 4.79 Å². The van der Waals surface area contributed by atoms with Crippen LogP contribution in [0, 0.1) is 23.7 Å². The molecule has 1 aliphatic heterocycles. The van der Waals surface area contributed by atoms with Crippen molar-refractivity contribution < 1.29 is 19.0 Å². The number of cyclic esters (lactones) is 2. The van der Waals surface area contributed by atoms with Gasteiger partial charge in [0.05, 0.1) is 13.2 Å². The van der Waals surface area contributed by atoms with E-state index in [1.165, 1.54) is 73.5 Å². The fraction of sp³-hybridized carbons (Fsp3) is 0.788. The average Bonchev–Trinajstić information content (AvgIpc) is 3.40. The van der Waals surface area contributed by atoms with Crippen LogP contribution in [0.3, 0.4) is 0 Å². The zero-order valence-electron chi connectivity index (χ0n) is 26.1. The summed E-state index contributed by atoms with van der Waals surface area (Å²) in [6.45, 7) is 11.6. The van der Waals surface area contributed by atoms with Gasteiger partial charge in [-0.2, -0.15) is 23.5 Å². The molecule has 41 heavy (non-hydrogen) atoms. The molecule has 5 unspecified atom stereocenters. The predicted octanol–water partition coefficient (Wildman–Crippen LogP) is 10.2. The van der Waals surface area contributed by atoms with Crippen LogP contribution in [0.1, 0.15) is 79.1 Å². The van der Waals surface area contributed by atoms with Crippen LogP contribution < -0.4 is 0 Å². The molecule has 0 aromatic heterocycles. The summed E-state index contributed by atoms with van der Waals surface area (Å²) in [5.74, 6) is 10.0. The molecule has 1 aromatic carbocycles. The number of ether oxygens (including phenoxy) is 3. The van der Waals surface area contributed by atoms with Crippen molar-refractivity contribution in [2.75, 3.05) is 54.3 Å². The van der Waals surface area contributed by atoms with E-state index in [9.17, 15) is 4.79 Å². The topological polar surface area (TPSA) is 44.8 Å². The molecule has 0 amide bonds. The highest BCUT2D eigenvalue weighted by atomic mass is 32.2. The summed E-state index contributed by atoms with van der Waals surface area (Å²) >= 11 is 7.82. The second-order valence-corrected chi connectivity index (χ2v) is 16.2. The van der Waals surface area contributed by atoms with Gasteiger partial charge in [0.15, 0.2) is 5.44 Å². The van der Waals surface area contributed by atoms with E-state index in [0.29, 0.717) is 6.61 Å². The molecule has 5 atom stereocenters. The number of hydrogen-bond acceptors (Lipinski definition) is 8. The minimum atomic E-state index is -0.521. The molecular weight excluding hydrogens is 589 g/mol. The summed E-state index contributed by atoms with van der Waals surface area (Å²) in [6, 6.07) is 10.8. The predicted molar refractivity (Wildman–Crippen MR) is 185 cm³/mol. The minimum Gasteiger partial charge on any atom is -0.429 e. The van der Waals surface area contributed by atoms with Gasteiger partial charge in [0.1, 0.15) is 6.61 Å². The zero-order valence-corrected chi connectivity index (χ0v) is 29.3. The van der Waals surface area contributed by atoms with Crippen LogP contribution in [0.25, 0.3) is 0 Å². The van der Waals surface area contributed by atoms with E-state index in [1.54, 1.807) is 11.8 Å². The summed E-state index contributed by atoms with van der Waals surface area (Å²) in [7, 11) is 0. The third kappa shape index (κ3) is 19.0. The Balaban J connectivity index is 1.64. The molecule has 1 saturated heterocycles. The maximum Gasteiger partial charge on any atom is 0.509 e. The van der Waals surface area contributed by atoms with Crippen LogP contribution in [-0.4, -0.2) is 65.9 Å². The van der Waals surface area contributed by atoms with Gasteiger partial charge in [0.2, 0.25) is 0 Å². The average molecular weight is 645 g/mol. The maximum atomic E-state index is 11.2. The van der Waals surface area contributed by atoms with E-state index >= 15 is 0 Å². The number of carbonyl (C=O) groups is 1. The van der Waals surface area contributed by atoms with E-state index in [0.717, 1.165) is 54.1 Å². The Morgan fingerprint density at radius 3 is 2.12 bits per heavy atom. The molecule has 0 saturated carbocycles. The first-order chi connectivity index (χ1) is 20.0. The lowest BCUT2D eigenvalue weighted by Crippen LogP contribution is -2.15. The van der Waals surface area contributed by atoms with Crippen LogP contribution in [0.5, 0.6) is 0 Å². The largest absolute Gasteiger partial charge is 0.509 e. The lowest BCUT2D eigenvalue weighted by Gasteiger charge is -2.26. The van der Waals surface area contributed by atoms with Gasteiger partial charge in [-0.15, -0.1) is 23.5 Å². The Morgan fingerprint density at radius 1 is 0.805 bits per heavy atom. The number of carbonyl (C=O) groups excluding carboxylic acids is 1. The molecule has 0 aliphatic carbocycles. The van der Waals surface area contributed by atoms with Crippen LogP contribution >= 0.6 is 47.0 Å². The van der Waals surface area contributed by atoms with Gasteiger partial charge in [-0.1, -0.05) is 58.7 Å². The lowest BCUT2D eigenvalue weighted by molar-refractivity contribution is 0.129. The quantitative estimate of drug-likeness (QED) is 0.0561. The van der Waals surface area contributed by atoms with Crippen molar-refractivity contribution in [3.8, 4) is 0 Å². The van der Waals surface area contributed by atoms with Gasteiger partial charge >= 0.3 is 6.16 Å². The molecular formula is C33H56O4S4. The molecule has 0 radical (unpaired) electrons.